The molecule has 130 valence electrons. The van der Waals surface area contributed by atoms with E-state index in [4.69, 9.17) is 9.47 Å². The van der Waals surface area contributed by atoms with Crippen molar-refractivity contribution >= 4 is 12.1 Å². The van der Waals surface area contributed by atoms with Gasteiger partial charge in [0.25, 0.3) is 0 Å². The molecule has 5 nitrogen and oxygen atoms in total. The molecule has 0 saturated carbocycles. The maximum absolute atomic E-state index is 12.0. The number of carbonyl (C=O) groups excluding carboxylic acids is 2. The largest absolute Gasteiger partial charge is 0.465 e. The first-order chi connectivity index (χ1) is 11.7. The molecule has 2 rings (SSSR count). The quantitative estimate of drug-likeness (QED) is 0.612. The molecule has 0 saturated heterocycles. The topological polar surface area (TPSA) is 64.6 Å². The van der Waals surface area contributed by atoms with E-state index in [9.17, 15) is 9.59 Å². The second-order valence-electron chi connectivity index (χ2n) is 5.95. The van der Waals surface area contributed by atoms with E-state index in [0.717, 1.165) is 24.8 Å². The molecule has 1 aliphatic rings. The highest BCUT2D eigenvalue weighted by Gasteiger charge is 2.25. The summed E-state index contributed by atoms with van der Waals surface area (Å²) in [4.78, 5) is 23.5. The molecule has 1 amide bonds. The highest BCUT2D eigenvalue weighted by atomic mass is 16.5. The third kappa shape index (κ3) is 6.07. The minimum absolute atomic E-state index is 0.0762. The summed E-state index contributed by atoms with van der Waals surface area (Å²) >= 11 is 0. The average Bonchev–Trinajstić information content (AvgIpc) is 2.60. The second-order valence-corrected chi connectivity index (χ2v) is 5.95. The minimum atomic E-state index is -0.441. The summed E-state index contributed by atoms with van der Waals surface area (Å²) in [6.07, 6.45) is 6.36. The van der Waals surface area contributed by atoms with Crippen molar-refractivity contribution in [1.82, 2.24) is 5.32 Å². The molecule has 1 aromatic carbocycles. The maximum Gasteiger partial charge on any atom is 0.407 e. The Morgan fingerprint density at radius 1 is 1.12 bits per heavy atom. The van der Waals surface area contributed by atoms with E-state index in [0.29, 0.717) is 13.0 Å². The van der Waals surface area contributed by atoms with Crippen LogP contribution in [0, 0.1) is 5.92 Å². The predicted octanol–water partition coefficient (Wildman–Crippen LogP) is 3.59. The molecule has 24 heavy (non-hydrogen) atoms. The molecule has 0 heterocycles. The molecule has 0 radical (unpaired) electrons. The molecule has 5 heteroatoms. The first-order valence-electron chi connectivity index (χ1n) is 8.47. The van der Waals surface area contributed by atoms with Crippen molar-refractivity contribution in [2.45, 2.75) is 45.3 Å². The van der Waals surface area contributed by atoms with E-state index in [1.165, 1.54) is 0 Å². The SMILES string of the molecule is CCCC(=O)OC[C@H]1CC=CC[C@@H]1NC(=O)OCc1ccccc1. The highest BCUT2D eigenvalue weighted by molar-refractivity contribution is 5.69. The normalized spacial score (nSPS) is 19.5. The Kier molecular flexibility index (Phi) is 7.33. The van der Waals surface area contributed by atoms with Crippen LogP contribution >= 0.6 is 0 Å². The smallest absolute Gasteiger partial charge is 0.407 e. The van der Waals surface area contributed by atoms with Gasteiger partial charge in [0.2, 0.25) is 0 Å². The first-order valence-corrected chi connectivity index (χ1v) is 8.47. The van der Waals surface area contributed by atoms with Crippen molar-refractivity contribution in [2.24, 2.45) is 5.92 Å². The summed E-state index contributed by atoms with van der Waals surface area (Å²) in [6, 6.07) is 9.47. The number of amides is 1. The molecule has 1 aliphatic carbocycles. The van der Waals surface area contributed by atoms with Crippen molar-refractivity contribution in [3.63, 3.8) is 0 Å². The van der Waals surface area contributed by atoms with Gasteiger partial charge >= 0.3 is 12.1 Å². The van der Waals surface area contributed by atoms with Gasteiger partial charge in [-0.2, -0.15) is 0 Å². The molecule has 0 bridgehead atoms. The van der Waals surface area contributed by atoms with Gasteiger partial charge < -0.3 is 14.8 Å². The van der Waals surface area contributed by atoms with E-state index in [1.807, 2.05) is 43.3 Å². The number of hydrogen-bond donors (Lipinski definition) is 1. The summed E-state index contributed by atoms with van der Waals surface area (Å²) < 4.78 is 10.6. The number of carbonyl (C=O) groups is 2. The van der Waals surface area contributed by atoms with Gasteiger partial charge in [-0.1, -0.05) is 49.4 Å². The van der Waals surface area contributed by atoms with Gasteiger partial charge in [0.1, 0.15) is 6.61 Å². The number of ether oxygens (including phenoxy) is 2. The van der Waals surface area contributed by atoms with E-state index in [1.54, 1.807) is 0 Å². The predicted molar refractivity (Wildman–Crippen MR) is 91.3 cm³/mol. The fourth-order valence-electron chi connectivity index (χ4n) is 2.62. The van der Waals surface area contributed by atoms with Gasteiger partial charge in [-0.3, -0.25) is 4.79 Å². The lowest BCUT2D eigenvalue weighted by molar-refractivity contribution is -0.145. The summed E-state index contributed by atoms with van der Waals surface area (Å²) in [7, 11) is 0. The Morgan fingerprint density at radius 3 is 2.62 bits per heavy atom. The van der Waals surface area contributed by atoms with Gasteiger partial charge in [-0.15, -0.1) is 0 Å². The number of esters is 1. The standard InChI is InChI=1S/C19H25NO4/c1-2-8-18(21)23-14-16-11-6-7-12-17(16)20-19(22)24-13-15-9-4-3-5-10-15/h3-7,9-10,16-17H,2,8,11-14H2,1H3,(H,20,22)/t16-,17+/m1/s1. The highest BCUT2D eigenvalue weighted by Crippen LogP contribution is 2.20. The summed E-state index contributed by atoms with van der Waals surface area (Å²) in [5.41, 5.74) is 0.946. The fraction of sp³-hybridized carbons (Fsp3) is 0.474. The van der Waals surface area contributed by atoms with Crippen LogP contribution in [0.3, 0.4) is 0 Å². The van der Waals surface area contributed by atoms with Gasteiger partial charge in [-0.05, 0) is 24.8 Å². The Hall–Kier alpha value is -2.30. The molecule has 0 fully saturated rings. The van der Waals surface area contributed by atoms with E-state index >= 15 is 0 Å². The molecule has 1 N–H and O–H groups in total. The van der Waals surface area contributed by atoms with Gasteiger partial charge in [0.15, 0.2) is 0 Å². The van der Waals surface area contributed by atoms with Crippen LogP contribution in [-0.2, 0) is 20.9 Å². The van der Waals surface area contributed by atoms with E-state index < -0.39 is 6.09 Å². The number of hydrogen-bond acceptors (Lipinski definition) is 4. The van der Waals surface area contributed by atoms with Crippen LogP contribution in [-0.4, -0.2) is 24.7 Å². The van der Waals surface area contributed by atoms with Crippen LogP contribution in [0.1, 0.15) is 38.2 Å². The Labute approximate surface area is 143 Å². The van der Waals surface area contributed by atoms with Crippen LogP contribution in [0.15, 0.2) is 42.5 Å². The Bertz CT molecular complexity index is 556. The molecule has 0 aromatic heterocycles. The van der Waals surface area contributed by atoms with E-state index in [2.05, 4.69) is 11.4 Å². The minimum Gasteiger partial charge on any atom is -0.465 e. The van der Waals surface area contributed by atoms with E-state index in [-0.39, 0.29) is 24.5 Å². The van der Waals surface area contributed by atoms with Crippen LogP contribution in [0.4, 0.5) is 4.79 Å². The lowest BCUT2D eigenvalue weighted by Crippen LogP contribution is -2.43. The Balaban J connectivity index is 1.78. The van der Waals surface area contributed by atoms with Crippen molar-refractivity contribution in [3.8, 4) is 0 Å². The molecular weight excluding hydrogens is 306 g/mol. The average molecular weight is 331 g/mol. The van der Waals surface area contributed by atoms with Gasteiger partial charge in [-0.25, -0.2) is 4.79 Å². The van der Waals surface area contributed by atoms with Crippen molar-refractivity contribution < 1.29 is 19.1 Å². The monoisotopic (exact) mass is 331 g/mol. The fourth-order valence-corrected chi connectivity index (χ4v) is 2.62. The number of allylic oxidation sites excluding steroid dienone is 1. The van der Waals surface area contributed by atoms with Crippen molar-refractivity contribution in [2.75, 3.05) is 6.61 Å². The van der Waals surface area contributed by atoms with Crippen LogP contribution < -0.4 is 5.32 Å². The Morgan fingerprint density at radius 2 is 1.88 bits per heavy atom. The summed E-state index contributed by atoms with van der Waals surface area (Å²) in [5, 5.41) is 2.89. The number of rotatable bonds is 7. The lowest BCUT2D eigenvalue weighted by Gasteiger charge is -2.28. The lowest BCUT2D eigenvalue weighted by atomic mass is 9.90. The number of benzene rings is 1. The zero-order chi connectivity index (χ0) is 17.2. The molecule has 0 spiro atoms. The maximum atomic E-state index is 12.0. The van der Waals surface area contributed by atoms with Gasteiger partial charge in [0, 0.05) is 18.4 Å². The number of nitrogens with one attached hydrogen (secondary N) is 1. The van der Waals surface area contributed by atoms with Crippen LogP contribution in [0.2, 0.25) is 0 Å². The van der Waals surface area contributed by atoms with Crippen molar-refractivity contribution in [1.29, 1.82) is 0 Å². The van der Waals surface area contributed by atoms with Crippen molar-refractivity contribution in [3.05, 3.63) is 48.0 Å². The molecule has 0 aliphatic heterocycles. The second kappa shape index (κ2) is 9.75. The van der Waals surface area contributed by atoms with Crippen LogP contribution in [0.25, 0.3) is 0 Å². The summed E-state index contributed by atoms with van der Waals surface area (Å²) in [5.74, 6) is -0.0995. The third-order valence-electron chi connectivity index (χ3n) is 3.99. The molecule has 1 aromatic rings. The van der Waals surface area contributed by atoms with Crippen LogP contribution in [0.5, 0.6) is 0 Å². The number of alkyl carbamates (subject to hydrolysis) is 1. The third-order valence-corrected chi connectivity index (χ3v) is 3.99. The van der Waals surface area contributed by atoms with Gasteiger partial charge in [0.05, 0.1) is 6.61 Å². The first kappa shape index (κ1) is 18.0. The molecular formula is C19H25NO4. The summed E-state index contributed by atoms with van der Waals surface area (Å²) in [6.45, 7) is 2.51. The zero-order valence-electron chi connectivity index (χ0n) is 14.1. The molecule has 2 atom stereocenters. The zero-order valence-corrected chi connectivity index (χ0v) is 14.1. The molecule has 0 unspecified atom stereocenters.